The fraction of sp³-hybridized carbons (Fsp3) is 0.769. The number of aliphatic hydroxyl groups is 1. The first-order valence-electron chi connectivity index (χ1n) is 6.29. The van der Waals surface area contributed by atoms with Gasteiger partial charge in [-0.2, -0.15) is 5.10 Å². The Balaban J connectivity index is 2.21. The second-order valence-corrected chi connectivity index (χ2v) is 5.17. The van der Waals surface area contributed by atoms with E-state index >= 15 is 0 Å². The van der Waals surface area contributed by atoms with E-state index in [4.69, 9.17) is 0 Å². The maximum Gasteiger partial charge on any atom is 0.0718 e. The minimum atomic E-state index is 0.112. The van der Waals surface area contributed by atoms with Crippen molar-refractivity contribution in [3.8, 4) is 0 Å². The number of aromatic nitrogens is 2. The SMILES string of the molecule is Cc1nn(C2CCC(C)CC2)c(C)c1CO. The molecule has 90 valence electrons. The van der Waals surface area contributed by atoms with E-state index in [0.717, 1.165) is 22.9 Å². The molecule has 0 saturated heterocycles. The van der Waals surface area contributed by atoms with Gasteiger partial charge in [-0.3, -0.25) is 4.68 Å². The highest BCUT2D eigenvalue weighted by molar-refractivity contribution is 5.23. The lowest BCUT2D eigenvalue weighted by Gasteiger charge is -2.27. The third kappa shape index (κ3) is 2.01. The van der Waals surface area contributed by atoms with Crippen LogP contribution in [0.4, 0.5) is 0 Å². The molecule has 0 atom stereocenters. The van der Waals surface area contributed by atoms with Gasteiger partial charge in [-0.25, -0.2) is 0 Å². The van der Waals surface area contributed by atoms with Crippen LogP contribution in [0.2, 0.25) is 0 Å². The number of hydrogen-bond acceptors (Lipinski definition) is 2. The highest BCUT2D eigenvalue weighted by atomic mass is 16.3. The Morgan fingerprint density at radius 1 is 1.25 bits per heavy atom. The molecule has 2 rings (SSSR count). The first-order valence-corrected chi connectivity index (χ1v) is 6.29. The van der Waals surface area contributed by atoms with Crippen LogP contribution in [0.25, 0.3) is 0 Å². The van der Waals surface area contributed by atoms with Gasteiger partial charge in [0.15, 0.2) is 0 Å². The van der Waals surface area contributed by atoms with Crippen LogP contribution in [0.15, 0.2) is 0 Å². The van der Waals surface area contributed by atoms with Crippen molar-refractivity contribution in [2.24, 2.45) is 5.92 Å². The van der Waals surface area contributed by atoms with Gasteiger partial charge in [-0.05, 0) is 45.4 Å². The van der Waals surface area contributed by atoms with Gasteiger partial charge in [-0.1, -0.05) is 6.92 Å². The van der Waals surface area contributed by atoms with Crippen molar-refractivity contribution in [3.63, 3.8) is 0 Å². The van der Waals surface area contributed by atoms with E-state index in [0.29, 0.717) is 6.04 Å². The summed E-state index contributed by atoms with van der Waals surface area (Å²) in [5.41, 5.74) is 3.15. The molecule has 1 aliphatic rings. The molecular weight excluding hydrogens is 200 g/mol. The standard InChI is InChI=1S/C13H22N2O/c1-9-4-6-12(7-5-9)15-11(3)13(8-16)10(2)14-15/h9,12,16H,4-8H2,1-3H3. The summed E-state index contributed by atoms with van der Waals surface area (Å²) in [5.74, 6) is 0.866. The third-order valence-electron chi connectivity index (χ3n) is 3.96. The van der Waals surface area contributed by atoms with E-state index in [1.165, 1.54) is 25.7 Å². The van der Waals surface area contributed by atoms with Crippen molar-refractivity contribution < 1.29 is 5.11 Å². The fourth-order valence-corrected chi connectivity index (χ4v) is 2.77. The van der Waals surface area contributed by atoms with Crippen LogP contribution in [0.5, 0.6) is 0 Å². The highest BCUT2D eigenvalue weighted by Gasteiger charge is 2.23. The van der Waals surface area contributed by atoms with Crippen LogP contribution >= 0.6 is 0 Å². The third-order valence-corrected chi connectivity index (χ3v) is 3.96. The zero-order valence-electron chi connectivity index (χ0n) is 10.5. The van der Waals surface area contributed by atoms with E-state index in [-0.39, 0.29) is 6.61 Å². The van der Waals surface area contributed by atoms with Gasteiger partial charge in [0.1, 0.15) is 0 Å². The molecule has 1 aromatic heterocycles. The van der Waals surface area contributed by atoms with Crippen LogP contribution in [-0.4, -0.2) is 14.9 Å². The lowest BCUT2D eigenvalue weighted by molar-refractivity contribution is 0.266. The molecule has 1 N–H and O–H groups in total. The monoisotopic (exact) mass is 222 g/mol. The van der Waals surface area contributed by atoms with Gasteiger partial charge in [0, 0.05) is 11.3 Å². The first kappa shape index (κ1) is 11.6. The molecule has 0 radical (unpaired) electrons. The van der Waals surface area contributed by atoms with Gasteiger partial charge in [0.05, 0.1) is 18.3 Å². The van der Waals surface area contributed by atoms with Crippen LogP contribution in [0.1, 0.15) is 55.6 Å². The molecule has 0 spiro atoms. The van der Waals surface area contributed by atoms with Gasteiger partial charge in [-0.15, -0.1) is 0 Å². The van der Waals surface area contributed by atoms with Gasteiger partial charge < -0.3 is 5.11 Å². The Labute approximate surface area is 97.5 Å². The summed E-state index contributed by atoms with van der Waals surface area (Å²) in [5, 5.41) is 13.9. The molecule has 0 bridgehead atoms. The molecular formula is C13H22N2O. The van der Waals surface area contributed by atoms with Crippen molar-refractivity contribution >= 4 is 0 Å². The number of aliphatic hydroxyl groups excluding tert-OH is 1. The lowest BCUT2D eigenvalue weighted by Crippen LogP contribution is -2.18. The lowest BCUT2D eigenvalue weighted by atomic mass is 9.87. The normalized spacial score (nSPS) is 26.0. The minimum absolute atomic E-state index is 0.112. The Kier molecular flexibility index (Phi) is 3.33. The maximum absolute atomic E-state index is 9.30. The molecule has 1 aliphatic carbocycles. The molecule has 1 heterocycles. The topological polar surface area (TPSA) is 38.0 Å². The molecule has 1 saturated carbocycles. The van der Waals surface area contributed by atoms with Crippen LogP contribution in [0, 0.1) is 19.8 Å². The molecule has 3 heteroatoms. The number of aryl methyl sites for hydroxylation is 1. The largest absolute Gasteiger partial charge is 0.392 e. The smallest absolute Gasteiger partial charge is 0.0718 e. The van der Waals surface area contributed by atoms with Crippen LogP contribution in [-0.2, 0) is 6.61 Å². The average Bonchev–Trinajstić information content (AvgIpc) is 2.55. The first-order chi connectivity index (χ1) is 7.63. The van der Waals surface area contributed by atoms with E-state index < -0.39 is 0 Å². The van der Waals surface area contributed by atoms with E-state index in [1.807, 2.05) is 6.92 Å². The summed E-state index contributed by atoms with van der Waals surface area (Å²) < 4.78 is 2.15. The number of nitrogens with zero attached hydrogens (tertiary/aromatic N) is 2. The second-order valence-electron chi connectivity index (χ2n) is 5.17. The summed E-state index contributed by atoms with van der Waals surface area (Å²) in [4.78, 5) is 0. The summed E-state index contributed by atoms with van der Waals surface area (Å²) in [6.07, 6.45) is 5.07. The minimum Gasteiger partial charge on any atom is -0.392 e. The molecule has 1 fully saturated rings. The van der Waals surface area contributed by atoms with E-state index in [2.05, 4.69) is 23.6 Å². The van der Waals surface area contributed by atoms with Crippen LogP contribution in [0.3, 0.4) is 0 Å². The Morgan fingerprint density at radius 3 is 2.38 bits per heavy atom. The highest BCUT2D eigenvalue weighted by Crippen LogP contribution is 2.33. The predicted octanol–water partition coefficient (Wildman–Crippen LogP) is 2.74. The molecule has 0 aliphatic heterocycles. The zero-order valence-corrected chi connectivity index (χ0v) is 10.5. The molecule has 3 nitrogen and oxygen atoms in total. The Morgan fingerprint density at radius 2 is 1.88 bits per heavy atom. The van der Waals surface area contributed by atoms with Crippen molar-refractivity contribution in [1.29, 1.82) is 0 Å². The number of hydrogen-bond donors (Lipinski definition) is 1. The van der Waals surface area contributed by atoms with Crippen molar-refractivity contribution in [2.45, 2.75) is 59.1 Å². The average molecular weight is 222 g/mol. The quantitative estimate of drug-likeness (QED) is 0.835. The Hall–Kier alpha value is -0.830. The molecule has 0 amide bonds. The zero-order chi connectivity index (χ0) is 11.7. The summed E-state index contributed by atoms with van der Waals surface area (Å²) in [7, 11) is 0. The Bertz CT molecular complexity index is 362. The maximum atomic E-state index is 9.30. The fourth-order valence-electron chi connectivity index (χ4n) is 2.77. The molecule has 0 aromatic carbocycles. The predicted molar refractivity (Wildman–Crippen MR) is 64.3 cm³/mol. The van der Waals surface area contributed by atoms with E-state index in [1.54, 1.807) is 0 Å². The van der Waals surface area contributed by atoms with Crippen LogP contribution < -0.4 is 0 Å². The summed E-state index contributed by atoms with van der Waals surface area (Å²) in [6.45, 7) is 6.50. The van der Waals surface area contributed by atoms with E-state index in [9.17, 15) is 5.11 Å². The summed E-state index contributed by atoms with van der Waals surface area (Å²) >= 11 is 0. The van der Waals surface area contributed by atoms with Gasteiger partial charge >= 0.3 is 0 Å². The van der Waals surface area contributed by atoms with Crippen molar-refractivity contribution in [2.75, 3.05) is 0 Å². The molecule has 16 heavy (non-hydrogen) atoms. The molecule has 0 unspecified atom stereocenters. The van der Waals surface area contributed by atoms with Gasteiger partial charge in [0.25, 0.3) is 0 Å². The van der Waals surface area contributed by atoms with Crippen molar-refractivity contribution in [1.82, 2.24) is 9.78 Å². The van der Waals surface area contributed by atoms with Gasteiger partial charge in [0.2, 0.25) is 0 Å². The second kappa shape index (κ2) is 4.58. The van der Waals surface area contributed by atoms with Crippen molar-refractivity contribution in [3.05, 3.63) is 17.0 Å². The number of rotatable bonds is 2. The summed E-state index contributed by atoms with van der Waals surface area (Å²) in [6, 6.07) is 0.551. The molecule has 1 aromatic rings.